The standard InChI is InChI=1S/C14H22N2O/c1-14(2,7-8-15)16-12-5-6-13-11(10-12)4-3-9-17-13/h5-6,10,16H,3-4,7-9,15H2,1-2H3. The monoisotopic (exact) mass is 234 g/mol. The highest BCUT2D eigenvalue weighted by Gasteiger charge is 2.17. The van der Waals surface area contributed by atoms with Crippen LogP contribution >= 0.6 is 0 Å². The topological polar surface area (TPSA) is 47.3 Å². The van der Waals surface area contributed by atoms with Gasteiger partial charge in [-0.05, 0) is 63.4 Å². The molecular weight excluding hydrogens is 212 g/mol. The van der Waals surface area contributed by atoms with E-state index in [0.29, 0.717) is 6.54 Å². The van der Waals surface area contributed by atoms with Crippen molar-refractivity contribution < 1.29 is 4.74 Å². The van der Waals surface area contributed by atoms with E-state index in [4.69, 9.17) is 10.5 Å². The van der Waals surface area contributed by atoms with Gasteiger partial charge in [-0.15, -0.1) is 0 Å². The van der Waals surface area contributed by atoms with Gasteiger partial charge in [-0.1, -0.05) is 0 Å². The molecule has 0 saturated carbocycles. The lowest BCUT2D eigenvalue weighted by atomic mass is 9.99. The lowest BCUT2D eigenvalue weighted by molar-refractivity contribution is 0.288. The molecule has 2 rings (SSSR count). The molecule has 0 fully saturated rings. The first-order valence-corrected chi connectivity index (χ1v) is 6.35. The number of aryl methyl sites for hydroxylation is 1. The minimum Gasteiger partial charge on any atom is -0.493 e. The predicted molar refractivity (Wildman–Crippen MR) is 71.6 cm³/mol. The van der Waals surface area contributed by atoms with Crippen LogP contribution in [0.3, 0.4) is 0 Å². The quantitative estimate of drug-likeness (QED) is 0.841. The molecule has 17 heavy (non-hydrogen) atoms. The maximum Gasteiger partial charge on any atom is 0.122 e. The Hall–Kier alpha value is -1.22. The van der Waals surface area contributed by atoms with Gasteiger partial charge in [-0.2, -0.15) is 0 Å². The molecule has 1 aromatic rings. The van der Waals surface area contributed by atoms with Gasteiger partial charge in [-0.3, -0.25) is 0 Å². The van der Waals surface area contributed by atoms with E-state index in [9.17, 15) is 0 Å². The van der Waals surface area contributed by atoms with Crippen molar-refractivity contribution in [1.29, 1.82) is 0 Å². The number of hydrogen-bond donors (Lipinski definition) is 2. The van der Waals surface area contributed by atoms with E-state index in [-0.39, 0.29) is 5.54 Å². The maximum absolute atomic E-state index is 5.62. The third kappa shape index (κ3) is 3.13. The molecule has 1 heterocycles. The Balaban J connectivity index is 2.11. The molecule has 0 aromatic heterocycles. The van der Waals surface area contributed by atoms with Gasteiger partial charge in [0.15, 0.2) is 0 Å². The fraction of sp³-hybridized carbons (Fsp3) is 0.571. The number of benzene rings is 1. The van der Waals surface area contributed by atoms with E-state index in [1.54, 1.807) is 0 Å². The number of rotatable bonds is 4. The third-order valence-electron chi connectivity index (χ3n) is 3.16. The number of anilines is 1. The summed E-state index contributed by atoms with van der Waals surface area (Å²) in [6, 6.07) is 6.35. The van der Waals surface area contributed by atoms with Crippen LogP contribution in [0.5, 0.6) is 5.75 Å². The van der Waals surface area contributed by atoms with Crippen LogP contribution in [0.4, 0.5) is 5.69 Å². The van der Waals surface area contributed by atoms with Crippen LogP contribution in [-0.4, -0.2) is 18.7 Å². The highest BCUT2D eigenvalue weighted by molar-refractivity contribution is 5.53. The van der Waals surface area contributed by atoms with Crippen molar-refractivity contribution in [3.8, 4) is 5.75 Å². The van der Waals surface area contributed by atoms with Crippen molar-refractivity contribution in [2.45, 2.75) is 38.6 Å². The molecule has 1 aromatic carbocycles. The van der Waals surface area contributed by atoms with Crippen LogP contribution in [0.1, 0.15) is 32.3 Å². The van der Waals surface area contributed by atoms with Crippen molar-refractivity contribution in [3.05, 3.63) is 23.8 Å². The Labute approximate surface area is 103 Å². The summed E-state index contributed by atoms with van der Waals surface area (Å²) in [6.45, 7) is 5.90. The molecule has 0 unspecified atom stereocenters. The van der Waals surface area contributed by atoms with Crippen LogP contribution in [0.15, 0.2) is 18.2 Å². The zero-order valence-electron chi connectivity index (χ0n) is 10.8. The van der Waals surface area contributed by atoms with Gasteiger partial charge in [0, 0.05) is 11.2 Å². The summed E-state index contributed by atoms with van der Waals surface area (Å²) in [4.78, 5) is 0. The van der Waals surface area contributed by atoms with Crippen LogP contribution in [0.25, 0.3) is 0 Å². The van der Waals surface area contributed by atoms with Gasteiger partial charge < -0.3 is 15.8 Å². The summed E-state index contributed by atoms with van der Waals surface area (Å²) in [5.41, 5.74) is 8.13. The molecule has 0 saturated heterocycles. The highest BCUT2D eigenvalue weighted by atomic mass is 16.5. The molecule has 3 heteroatoms. The maximum atomic E-state index is 5.62. The number of ether oxygens (including phenoxy) is 1. The van der Waals surface area contributed by atoms with E-state index in [1.165, 1.54) is 5.56 Å². The van der Waals surface area contributed by atoms with Crippen LogP contribution in [0.2, 0.25) is 0 Å². The summed E-state index contributed by atoms with van der Waals surface area (Å²) in [7, 11) is 0. The van der Waals surface area contributed by atoms with E-state index in [1.807, 2.05) is 0 Å². The Kier molecular flexibility index (Phi) is 3.57. The molecule has 0 aliphatic carbocycles. The average Bonchev–Trinajstić information content (AvgIpc) is 2.28. The largest absolute Gasteiger partial charge is 0.493 e. The van der Waals surface area contributed by atoms with Gasteiger partial charge in [0.25, 0.3) is 0 Å². The van der Waals surface area contributed by atoms with Gasteiger partial charge >= 0.3 is 0 Å². The Bertz CT molecular complexity index is 388. The molecule has 1 aliphatic rings. The number of fused-ring (bicyclic) bond motifs is 1. The third-order valence-corrected chi connectivity index (χ3v) is 3.16. The van der Waals surface area contributed by atoms with E-state index < -0.39 is 0 Å². The Morgan fingerprint density at radius 3 is 3.00 bits per heavy atom. The first kappa shape index (κ1) is 12.2. The summed E-state index contributed by atoms with van der Waals surface area (Å²) in [5.74, 6) is 1.04. The zero-order valence-corrected chi connectivity index (χ0v) is 10.8. The second-order valence-corrected chi connectivity index (χ2v) is 5.32. The minimum absolute atomic E-state index is 0.0402. The number of nitrogens with one attached hydrogen (secondary N) is 1. The van der Waals surface area contributed by atoms with Crippen LogP contribution in [-0.2, 0) is 6.42 Å². The summed E-state index contributed by atoms with van der Waals surface area (Å²) in [5, 5.41) is 3.53. The second kappa shape index (κ2) is 4.96. The number of nitrogens with two attached hydrogens (primary N) is 1. The van der Waals surface area contributed by atoms with E-state index in [0.717, 1.165) is 37.3 Å². The normalized spacial score (nSPS) is 15.0. The van der Waals surface area contributed by atoms with Gasteiger partial charge in [0.05, 0.1) is 6.61 Å². The van der Waals surface area contributed by atoms with E-state index in [2.05, 4.69) is 37.4 Å². The minimum atomic E-state index is 0.0402. The highest BCUT2D eigenvalue weighted by Crippen LogP contribution is 2.29. The number of hydrogen-bond acceptors (Lipinski definition) is 3. The lowest BCUT2D eigenvalue weighted by Gasteiger charge is -2.28. The molecule has 0 spiro atoms. The molecule has 3 N–H and O–H groups in total. The van der Waals surface area contributed by atoms with Crippen LogP contribution < -0.4 is 15.8 Å². The van der Waals surface area contributed by atoms with Crippen molar-refractivity contribution in [2.75, 3.05) is 18.5 Å². The summed E-state index contributed by atoms with van der Waals surface area (Å²) < 4.78 is 5.61. The average molecular weight is 234 g/mol. The lowest BCUT2D eigenvalue weighted by Crippen LogP contribution is -2.33. The van der Waals surface area contributed by atoms with Gasteiger partial charge in [-0.25, -0.2) is 0 Å². The Morgan fingerprint density at radius 1 is 1.41 bits per heavy atom. The van der Waals surface area contributed by atoms with Crippen molar-refractivity contribution >= 4 is 5.69 Å². The van der Waals surface area contributed by atoms with Crippen molar-refractivity contribution in [3.63, 3.8) is 0 Å². The Morgan fingerprint density at radius 2 is 2.24 bits per heavy atom. The first-order valence-electron chi connectivity index (χ1n) is 6.35. The van der Waals surface area contributed by atoms with Gasteiger partial charge in [0.2, 0.25) is 0 Å². The second-order valence-electron chi connectivity index (χ2n) is 5.32. The molecule has 1 aliphatic heterocycles. The van der Waals surface area contributed by atoms with Crippen molar-refractivity contribution in [1.82, 2.24) is 0 Å². The fourth-order valence-corrected chi connectivity index (χ4v) is 2.25. The van der Waals surface area contributed by atoms with Crippen LogP contribution in [0, 0.1) is 0 Å². The fourth-order valence-electron chi connectivity index (χ4n) is 2.25. The molecule has 3 nitrogen and oxygen atoms in total. The predicted octanol–water partition coefficient (Wildman–Crippen LogP) is 2.55. The molecule has 94 valence electrons. The zero-order chi connectivity index (χ0) is 12.3. The SMILES string of the molecule is CC(C)(CCN)Nc1ccc2c(c1)CCCO2. The first-order chi connectivity index (χ1) is 8.11. The van der Waals surface area contributed by atoms with Crippen molar-refractivity contribution in [2.24, 2.45) is 5.73 Å². The molecule has 0 atom stereocenters. The molecule has 0 amide bonds. The summed E-state index contributed by atoms with van der Waals surface area (Å²) >= 11 is 0. The molecule has 0 radical (unpaired) electrons. The molecule has 0 bridgehead atoms. The van der Waals surface area contributed by atoms with Gasteiger partial charge in [0.1, 0.15) is 5.75 Å². The smallest absolute Gasteiger partial charge is 0.122 e. The van der Waals surface area contributed by atoms with E-state index >= 15 is 0 Å². The molecular formula is C14H22N2O. The summed E-state index contributed by atoms with van der Waals surface area (Å²) in [6.07, 6.45) is 3.19.